The molecule has 1 heterocycles. The van der Waals surface area contributed by atoms with Crippen molar-refractivity contribution in [3.8, 4) is 0 Å². The van der Waals surface area contributed by atoms with Gasteiger partial charge in [0.1, 0.15) is 6.04 Å². The summed E-state index contributed by atoms with van der Waals surface area (Å²) in [5.74, 6) is -0.00359. The van der Waals surface area contributed by atoms with Crippen molar-refractivity contribution in [2.45, 2.75) is 50.6 Å². The van der Waals surface area contributed by atoms with Crippen molar-refractivity contribution in [3.05, 3.63) is 0 Å². The molecule has 122 valence electrons. The van der Waals surface area contributed by atoms with Gasteiger partial charge >= 0.3 is 12.0 Å². The third-order valence-electron chi connectivity index (χ3n) is 3.36. The number of hydrogen-bond acceptors (Lipinski definition) is 4. The van der Waals surface area contributed by atoms with E-state index < -0.39 is 22.8 Å². The molecule has 1 fully saturated rings. The van der Waals surface area contributed by atoms with Gasteiger partial charge in [-0.25, -0.2) is 9.59 Å². The van der Waals surface area contributed by atoms with Gasteiger partial charge < -0.3 is 10.4 Å². The Labute approximate surface area is 132 Å². The Kier molecular flexibility index (Phi) is 7.51. The highest BCUT2D eigenvalue weighted by molar-refractivity contribution is 8.00. The molecular formula is C13H24N2O4S2. The molecule has 0 spiro atoms. The van der Waals surface area contributed by atoms with Gasteiger partial charge in [-0.2, -0.15) is 0 Å². The van der Waals surface area contributed by atoms with E-state index in [1.165, 1.54) is 16.7 Å². The molecule has 0 radical (unpaired) electrons. The van der Waals surface area contributed by atoms with Crippen molar-refractivity contribution in [1.29, 1.82) is 0 Å². The Morgan fingerprint density at radius 3 is 2.71 bits per heavy atom. The van der Waals surface area contributed by atoms with Gasteiger partial charge in [0.25, 0.3) is 0 Å². The molecule has 1 aliphatic heterocycles. The first kappa shape index (κ1) is 18.3. The van der Waals surface area contributed by atoms with Crippen molar-refractivity contribution in [2.75, 3.05) is 17.8 Å². The predicted octanol–water partition coefficient (Wildman–Crippen LogP) is 1.48. The van der Waals surface area contributed by atoms with Crippen LogP contribution in [0.4, 0.5) is 4.79 Å². The van der Waals surface area contributed by atoms with Gasteiger partial charge in [-0.15, -0.1) is 11.8 Å². The summed E-state index contributed by atoms with van der Waals surface area (Å²) < 4.78 is 11.1. The molecule has 2 N–H and O–H groups in total. The minimum absolute atomic E-state index is 0.0800. The third kappa shape index (κ3) is 5.50. The van der Waals surface area contributed by atoms with Crippen LogP contribution >= 0.6 is 11.8 Å². The monoisotopic (exact) mass is 336 g/mol. The zero-order valence-corrected chi connectivity index (χ0v) is 14.3. The number of carboxylic acids is 1. The van der Waals surface area contributed by atoms with Crippen molar-refractivity contribution in [3.63, 3.8) is 0 Å². The van der Waals surface area contributed by atoms with Crippen LogP contribution in [0.1, 0.15) is 33.1 Å². The van der Waals surface area contributed by atoms with Gasteiger partial charge in [0, 0.05) is 34.6 Å². The molecular weight excluding hydrogens is 312 g/mol. The Morgan fingerprint density at radius 2 is 2.19 bits per heavy atom. The number of carbonyl (C=O) groups excluding carboxylic acids is 1. The molecule has 0 saturated carbocycles. The van der Waals surface area contributed by atoms with Crippen LogP contribution in [0.25, 0.3) is 0 Å². The van der Waals surface area contributed by atoms with E-state index in [1.807, 2.05) is 13.8 Å². The minimum Gasteiger partial charge on any atom is -0.480 e. The molecule has 0 aliphatic carbocycles. The normalized spacial score (nSPS) is 24.6. The molecule has 4 unspecified atom stereocenters. The summed E-state index contributed by atoms with van der Waals surface area (Å²) in [4.78, 5) is 25.1. The quantitative estimate of drug-likeness (QED) is 0.735. The molecule has 6 nitrogen and oxygen atoms in total. The van der Waals surface area contributed by atoms with E-state index >= 15 is 0 Å². The smallest absolute Gasteiger partial charge is 0.327 e. The Hall–Kier alpha value is -0.760. The van der Waals surface area contributed by atoms with Crippen molar-refractivity contribution in [2.24, 2.45) is 0 Å². The number of amides is 2. The number of urea groups is 1. The molecule has 8 heteroatoms. The summed E-state index contributed by atoms with van der Waals surface area (Å²) in [6.07, 6.45) is 3.93. The van der Waals surface area contributed by atoms with E-state index in [2.05, 4.69) is 5.32 Å². The summed E-state index contributed by atoms with van der Waals surface area (Å²) in [5.41, 5.74) is 0. The van der Waals surface area contributed by atoms with Crippen molar-refractivity contribution in [1.82, 2.24) is 10.2 Å². The number of nitrogens with one attached hydrogen (secondary N) is 1. The average Bonchev–Trinajstić information content (AvgIpc) is 2.80. The standard InChI is InChI=1S/C13H24N2O4S2/c1-4-5-11-15(10(8-20-11)12(16)17)13(18)14-9(2)6-7-21(3)19/h9-11H,4-8H2,1-3H3,(H,14,18)(H,16,17). The number of hydrogen-bond donors (Lipinski definition) is 2. The lowest BCUT2D eigenvalue weighted by atomic mass is 10.2. The van der Waals surface area contributed by atoms with Gasteiger partial charge in [0.15, 0.2) is 0 Å². The second-order valence-electron chi connectivity index (χ2n) is 5.25. The largest absolute Gasteiger partial charge is 0.480 e. The number of nitrogens with zero attached hydrogens (tertiary/aromatic N) is 1. The summed E-state index contributed by atoms with van der Waals surface area (Å²) in [6, 6.07) is -1.22. The predicted molar refractivity (Wildman–Crippen MR) is 86.0 cm³/mol. The van der Waals surface area contributed by atoms with E-state index in [1.54, 1.807) is 6.26 Å². The van der Waals surface area contributed by atoms with Gasteiger partial charge in [0.2, 0.25) is 0 Å². The summed E-state index contributed by atoms with van der Waals surface area (Å²) >= 11 is 1.52. The van der Waals surface area contributed by atoms with Gasteiger partial charge in [-0.3, -0.25) is 9.11 Å². The molecule has 0 aromatic carbocycles. The van der Waals surface area contributed by atoms with Crippen LogP contribution < -0.4 is 5.32 Å². The zero-order valence-electron chi connectivity index (χ0n) is 12.7. The highest BCUT2D eigenvalue weighted by Gasteiger charge is 2.41. The third-order valence-corrected chi connectivity index (χ3v) is 5.52. The van der Waals surface area contributed by atoms with Crippen LogP contribution in [0.2, 0.25) is 0 Å². The summed E-state index contributed by atoms with van der Waals surface area (Å²) in [7, 11) is -0.890. The van der Waals surface area contributed by atoms with Crippen LogP contribution in [0.5, 0.6) is 0 Å². The second-order valence-corrected chi connectivity index (χ2v) is 8.02. The number of thioether (sulfide) groups is 1. The van der Waals surface area contributed by atoms with Crippen molar-refractivity contribution >= 4 is 34.6 Å². The van der Waals surface area contributed by atoms with E-state index in [0.29, 0.717) is 17.9 Å². The summed E-state index contributed by atoms with van der Waals surface area (Å²) in [6.45, 7) is 3.86. The highest BCUT2D eigenvalue weighted by atomic mass is 32.2. The lowest BCUT2D eigenvalue weighted by molar-refractivity contribution is -0.141. The second kappa shape index (κ2) is 8.63. The molecule has 1 saturated heterocycles. The SMILES string of the molecule is CCCC1SCC(C(=O)O)N1C(=O)NC(C)CCS(C)=O. The maximum Gasteiger partial charge on any atom is 0.327 e. The maximum absolute atomic E-state index is 12.4. The van der Waals surface area contributed by atoms with Gasteiger partial charge in [-0.05, 0) is 19.8 Å². The van der Waals surface area contributed by atoms with Crippen LogP contribution in [-0.2, 0) is 15.6 Å². The van der Waals surface area contributed by atoms with Crippen LogP contribution in [0.15, 0.2) is 0 Å². The lowest BCUT2D eigenvalue weighted by Crippen LogP contribution is -2.52. The molecule has 0 aromatic heterocycles. The molecule has 2 amide bonds. The molecule has 0 bridgehead atoms. The first-order valence-electron chi connectivity index (χ1n) is 7.10. The highest BCUT2D eigenvalue weighted by Crippen LogP contribution is 2.32. The Balaban J connectivity index is 2.66. The minimum atomic E-state index is -0.960. The average molecular weight is 336 g/mol. The van der Waals surface area contributed by atoms with Gasteiger partial charge in [-0.1, -0.05) is 13.3 Å². The number of aliphatic carboxylic acids is 1. The van der Waals surface area contributed by atoms with Crippen LogP contribution in [-0.4, -0.2) is 61.4 Å². The number of rotatable bonds is 7. The first-order chi connectivity index (χ1) is 9.86. The number of carboxylic acid groups (broad SMARTS) is 1. The zero-order chi connectivity index (χ0) is 16.0. The van der Waals surface area contributed by atoms with Gasteiger partial charge in [0.05, 0.1) is 5.37 Å². The maximum atomic E-state index is 12.4. The molecule has 0 aromatic rings. The number of carbonyl (C=O) groups is 2. The Morgan fingerprint density at radius 1 is 1.52 bits per heavy atom. The topological polar surface area (TPSA) is 86.7 Å². The molecule has 4 atom stereocenters. The molecule has 1 aliphatic rings. The van der Waals surface area contributed by atoms with E-state index in [4.69, 9.17) is 0 Å². The molecule has 1 rings (SSSR count). The fourth-order valence-electron chi connectivity index (χ4n) is 2.20. The lowest BCUT2D eigenvalue weighted by Gasteiger charge is -2.28. The fourth-order valence-corrected chi connectivity index (χ4v) is 4.39. The first-order valence-corrected chi connectivity index (χ1v) is 9.87. The van der Waals surface area contributed by atoms with E-state index in [0.717, 1.165) is 12.8 Å². The Bertz CT molecular complexity index is 406. The van der Waals surface area contributed by atoms with Crippen LogP contribution in [0.3, 0.4) is 0 Å². The molecule has 21 heavy (non-hydrogen) atoms. The fraction of sp³-hybridized carbons (Fsp3) is 0.846. The van der Waals surface area contributed by atoms with E-state index in [9.17, 15) is 18.9 Å². The van der Waals surface area contributed by atoms with Crippen molar-refractivity contribution < 1.29 is 18.9 Å². The van der Waals surface area contributed by atoms with E-state index in [-0.39, 0.29) is 17.4 Å². The summed E-state index contributed by atoms with van der Waals surface area (Å²) in [5, 5.41) is 12.0. The van der Waals surface area contributed by atoms with Crippen LogP contribution in [0, 0.1) is 0 Å².